The number of carbonyl (C=O) groups is 2. The number of fused-ring (bicyclic) bond motifs is 1. The summed E-state index contributed by atoms with van der Waals surface area (Å²) in [6, 6.07) is 11.4. The number of hydrogen-bond donors (Lipinski definition) is 2. The zero-order valence-corrected chi connectivity index (χ0v) is 20.9. The van der Waals surface area contributed by atoms with Crippen LogP contribution in [-0.2, 0) is 4.79 Å². The van der Waals surface area contributed by atoms with E-state index in [2.05, 4.69) is 27.3 Å². The Balaban J connectivity index is 1.73. The van der Waals surface area contributed by atoms with Crippen molar-refractivity contribution in [2.24, 2.45) is 5.10 Å². The molecule has 7 nitrogen and oxygen atoms in total. The van der Waals surface area contributed by atoms with E-state index in [4.69, 9.17) is 23.2 Å². The van der Waals surface area contributed by atoms with Gasteiger partial charge in [-0.05, 0) is 43.4 Å². The van der Waals surface area contributed by atoms with Crippen molar-refractivity contribution in [3.05, 3.63) is 76.5 Å². The van der Waals surface area contributed by atoms with Gasteiger partial charge in [0.1, 0.15) is 11.9 Å². The van der Waals surface area contributed by atoms with Crippen molar-refractivity contribution in [1.29, 1.82) is 0 Å². The summed E-state index contributed by atoms with van der Waals surface area (Å²) in [6.45, 7) is 5.49. The smallest absolute Gasteiger partial charge is 0.347 e. The Morgan fingerprint density at radius 2 is 1.89 bits per heavy atom. The number of aromatic nitrogens is 1. The first kappa shape index (κ1) is 26.4. The Morgan fingerprint density at radius 1 is 1.19 bits per heavy atom. The molecule has 4 rings (SSSR count). The number of amides is 2. The van der Waals surface area contributed by atoms with E-state index in [0.29, 0.717) is 15.8 Å². The van der Waals surface area contributed by atoms with Gasteiger partial charge >= 0.3 is 6.18 Å². The molecule has 0 aliphatic heterocycles. The van der Waals surface area contributed by atoms with Crippen LogP contribution in [0.15, 0.2) is 66.0 Å². The summed E-state index contributed by atoms with van der Waals surface area (Å²) in [6.07, 6.45) is -2.24. The number of halogens is 5. The normalized spacial score (nSPS) is 14.4. The molecule has 1 aromatic heterocycles. The molecule has 192 valence electrons. The second-order valence-electron chi connectivity index (χ2n) is 8.66. The number of nitrogens with zero attached hydrogens (tertiary/aromatic N) is 3. The molecule has 0 radical (unpaired) electrons. The maximum Gasteiger partial charge on any atom is 0.428 e. The number of alkyl halides is 3. The minimum Gasteiger partial charge on any atom is -0.347 e. The number of hydrazone groups is 1. The van der Waals surface area contributed by atoms with Gasteiger partial charge in [0, 0.05) is 17.1 Å². The maximum absolute atomic E-state index is 13.3. The fourth-order valence-corrected chi connectivity index (χ4v) is 3.97. The first-order valence-electron chi connectivity index (χ1n) is 10.9. The van der Waals surface area contributed by atoms with Crippen molar-refractivity contribution < 1.29 is 22.8 Å². The second kappa shape index (κ2) is 10.0. The SMILES string of the molecule is C=C(C(=O)Nc1c(C(=O)NC2(C)CC2)cc2ccccc2c1Cl)N(/N=C/C(F)(F)F)c1ncccc1Cl. The van der Waals surface area contributed by atoms with Crippen LogP contribution in [0.1, 0.15) is 30.1 Å². The maximum atomic E-state index is 13.3. The van der Waals surface area contributed by atoms with E-state index in [9.17, 15) is 22.8 Å². The average molecular weight is 550 g/mol. The average Bonchev–Trinajstić information content (AvgIpc) is 3.57. The molecule has 1 aliphatic carbocycles. The van der Waals surface area contributed by atoms with E-state index in [0.717, 1.165) is 12.8 Å². The van der Waals surface area contributed by atoms with Crippen LogP contribution in [0.25, 0.3) is 10.8 Å². The summed E-state index contributed by atoms with van der Waals surface area (Å²) in [7, 11) is 0. The van der Waals surface area contributed by atoms with Crippen LogP contribution in [0.5, 0.6) is 0 Å². The van der Waals surface area contributed by atoms with Crippen molar-refractivity contribution in [3.63, 3.8) is 0 Å². The standard InChI is InChI=1S/C25H20Cl2F3N5O2/c1-14(35(32-13-25(28,29)30)21-18(26)8-5-11-31-21)22(36)33-20-17(23(37)34-24(2)9-10-24)12-15-6-3-4-7-16(15)19(20)27/h3-8,11-13H,1,9-10H2,2H3,(H,33,36)(H,34,37)/b32-13+. The van der Waals surface area contributed by atoms with Gasteiger partial charge in [-0.25, -0.2) is 9.99 Å². The Labute approximate surface area is 219 Å². The number of carbonyl (C=O) groups excluding carboxylic acids is 2. The van der Waals surface area contributed by atoms with E-state index in [1.807, 2.05) is 6.92 Å². The van der Waals surface area contributed by atoms with Gasteiger partial charge in [0.2, 0.25) is 0 Å². The van der Waals surface area contributed by atoms with E-state index in [-0.39, 0.29) is 38.9 Å². The highest BCUT2D eigenvalue weighted by atomic mass is 35.5. The molecule has 0 spiro atoms. The molecular weight excluding hydrogens is 530 g/mol. The summed E-state index contributed by atoms with van der Waals surface area (Å²) < 4.78 is 38.7. The fourth-order valence-electron chi connectivity index (χ4n) is 3.45. The third kappa shape index (κ3) is 6.03. The van der Waals surface area contributed by atoms with Crippen LogP contribution in [-0.4, -0.2) is 34.7 Å². The van der Waals surface area contributed by atoms with Gasteiger partial charge in [0.15, 0.2) is 5.82 Å². The van der Waals surface area contributed by atoms with E-state index >= 15 is 0 Å². The van der Waals surface area contributed by atoms with E-state index < -0.39 is 23.7 Å². The quantitative estimate of drug-likeness (QED) is 0.205. The van der Waals surface area contributed by atoms with Crippen molar-refractivity contribution in [1.82, 2.24) is 10.3 Å². The van der Waals surface area contributed by atoms with Gasteiger partial charge in [-0.1, -0.05) is 54.0 Å². The van der Waals surface area contributed by atoms with Gasteiger partial charge in [0.05, 0.1) is 21.3 Å². The van der Waals surface area contributed by atoms with E-state index in [1.165, 1.54) is 18.3 Å². The molecule has 3 aromatic rings. The fraction of sp³-hybridized carbons (Fsp3) is 0.200. The van der Waals surface area contributed by atoms with Crippen molar-refractivity contribution in [2.75, 3.05) is 10.3 Å². The lowest BCUT2D eigenvalue weighted by atomic mass is 10.0. The highest BCUT2D eigenvalue weighted by Crippen LogP contribution is 2.38. The Kier molecular flexibility index (Phi) is 7.16. The Hall–Kier alpha value is -3.63. The van der Waals surface area contributed by atoms with Gasteiger partial charge in [0.25, 0.3) is 11.8 Å². The van der Waals surface area contributed by atoms with E-state index in [1.54, 1.807) is 30.3 Å². The summed E-state index contributed by atoms with van der Waals surface area (Å²) in [5.41, 5.74) is -0.857. The number of hydrogen-bond acceptors (Lipinski definition) is 5. The first-order chi connectivity index (χ1) is 17.4. The lowest BCUT2D eigenvalue weighted by Gasteiger charge is -2.22. The second-order valence-corrected chi connectivity index (χ2v) is 9.44. The highest BCUT2D eigenvalue weighted by Gasteiger charge is 2.39. The number of rotatable bonds is 7. The molecule has 1 saturated carbocycles. The largest absolute Gasteiger partial charge is 0.428 e. The van der Waals surface area contributed by atoms with Crippen molar-refractivity contribution in [3.8, 4) is 0 Å². The summed E-state index contributed by atoms with van der Waals surface area (Å²) in [4.78, 5) is 30.3. The third-order valence-corrected chi connectivity index (χ3v) is 6.35. The van der Waals surface area contributed by atoms with Gasteiger partial charge < -0.3 is 10.6 Å². The van der Waals surface area contributed by atoms with Crippen molar-refractivity contribution >= 4 is 63.5 Å². The molecule has 2 aromatic carbocycles. The summed E-state index contributed by atoms with van der Waals surface area (Å²) in [5.74, 6) is -1.70. The highest BCUT2D eigenvalue weighted by molar-refractivity contribution is 6.40. The molecule has 1 fully saturated rings. The van der Waals surface area contributed by atoms with Crippen LogP contribution in [0.2, 0.25) is 10.0 Å². The lowest BCUT2D eigenvalue weighted by molar-refractivity contribution is -0.113. The Morgan fingerprint density at radius 3 is 2.54 bits per heavy atom. The molecule has 12 heteroatoms. The predicted octanol–water partition coefficient (Wildman–Crippen LogP) is 6.33. The monoisotopic (exact) mass is 549 g/mol. The molecule has 0 atom stereocenters. The molecule has 0 saturated heterocycles. The number of benzene rings is 2. The van der Waals surface area contributed by atoms with Crippen LogP contribution >= 0.6 is 23.2 Å². The molecule has 1 heterocycles. The van der Waals surface area contributed by atoms with Crippen LogP contribution < -0.4 is 15.6 Å². The number of anilines is 2. The van der Waals surface area contributed by atoms with Crippen molar-refractivity contribution in [2.45, 2.75) is 31.5 Å². The third-order valence-electron chi connectivity index (χ3n) is 5.66. The topological polar surface area (TPSA) is 86.7 Å². The van der Waals surface area contributed by atoms with Gasteiger partial charge in [-0.2, -0.15) is 18.3 Å². The zero-order valence-electron chi connectivity index (χ0n) is 19.4. The van der Waals surface area contributed by atoms with Gasteiger partial charge in [-0.3, -0.25) is 9.59 Å². The molecular formula is C25H20Cl2F3N5O2. The molecule has 2 N–H and O–H groups in total. The minimum absolute atomic E-state index is 0.0277. The van der Waals surface area contributed by atoms with Crippen LogP contribution in [0.3, 0.4) is 0 Å². The number of nitrogens with one attached hydrogen (secondary N) is 2. The zero-order chi connectivity index (χ0) is 27.0. The molecule has 0 bridgehead atoms. The minimum atomic E-state index is -4.79. The number of pyridine rings is 1. The first-order valence-corrected chi connectivity index (χ1v) is 11.7. The van der Waals surface area contributed by atoms with Crippen LogP contribution in [0, 0.1) is 0 Å². The Bertz CT molecular complexity index is 1440. The molecule has 0 unspecified atom stereocenters. The molecule has 1 aliphatic rings. The lowest BCUT2D eigenvalue weighted by Crippen LogP contribution is -2.35. The summed E-state index contributed by atoms with van der Waals surface area (Å²) in [5, 5.41) is 10.6. The van der Waals surface area contributed by atoms with Crippen LogP contribution in [0.4, 0.5) is 24.7 Å². The van der Waals surface area contributed by atoms with Gasteiger partial charge in [-0.15, -0.1) is 0 Å². The summed E-state index contributed by atoms with van der Waals surface area (Å²) >= 11 is 12.7. The predicted molar refractivity (Wildman–Crippen MR) is 138 cm³/mol. The molecule has 2 amide bonds. The molecule has 37 heavy (non-hydrogen) atoms.